The molecule has 0 aliphatic heterocycles. The highest BCUT2D eigenvalue weighted by Gasteiger charge is 2.18. The van der Waals surface area contributed by atoms with Crippen molar-refractivity contribution >= 4 is 28.1 Å². The first kappa shape index (κ1) is 14.0. The lowest BCUT2D eigenvalue weighted by atomic mass is 10.0. The van der Waals surface area contributed by atoms with Gasteiger partial charge in [0.05, 0.1) is 5.69 Å². The number of hydrogen-bond acceptors (Lipinski definition) is 6. The number of nitrogens with zero attached hydrogens (tertiary/aromatic N) is 5. The molecule has 0 fully saturated rings. The molecule has 6 nitrogen and oxygen atoms in total. The lowest BCUT2D eigenvalue weighted by molar-refractivity contribution is 0.670. The molecule has 8 heteroatoms. The van der Waals surface area contributed by atoms with E-state index in [9.17, 15) is 4.79 Å². The summed E-state index contributed by atoms with van der Waals surface area (Å²) in [6, 6.07) is 1.65. The molecule has 3 aromatic heterocycles. The lowest BCUT2D eigenvalue weighted by Crippen LogP contribution is -2.17. The third-order valence-electron chi connectivity index (χ3n) is 3.83. The topological polar surface area (TPSA) is 65.1 Å². The molecule has 0 saturated heterocycles. The molecule has 0 radical (unpaired) electrons. The molecule has 0 N–H and O–H groups in total. The van der Waals surface area contributed by atoms with Crippen LogP contribution >= 0.6 is 23.1 Å². The summed E-state index contributed by atoms with van der Waals surface area (Å²) in [5.41, 5.74) is 2.02. The molecular weight excluding hydrogens is 318 g/mol. The van der Waals surface area contributed by atoms with Gasteiger partial charge in [0, 0.05) is 29.4 Å². The Kier molecular flexibility index (Phi) is 3.50. The zero-order valence-corrected chi connectivity index (χ0v) is 13.8. The Morgan fingerprint density at radius 3 is 3.05 bits per heavy atom. The molecule has 0 unspecified atom stereocenters. The standard InChI is InChI=1S/C14H15N5OS2/c1-18-8-15-17-14(18)21-7-9-6-12(20)19-10-4-2-3-5-11(10)22-13(19)16-9/h6,8H,2-5,7H2,1H3. The number of thiazole rings is 1. The molecule has 114 valence electrons. The molecule has 0 saturated carbocycles. The number of hydrogen-bond donors (Lipinski definition) is 0. The van der Waals surface area contributed by atoms with Crippen molar-refractivity contribution in [3.05, 3.63) is 39.0 Å². The fraction of sp³-hybridized carbons (Fsp3) is 0.429. The van der Waals surface area contributed by atoms with Gasteiger partial charge in [-0.15, -0.1) is 21.5 Å². The van der Waals surface area contributed by atoms with Crippen molar-refractivity contribution in [3.8, 4) is 0 Å². The average molecular weight is 333 g/mol. The van der Waals surface area contributed by atoms with E-state index in [4.69, 9.17) is 0 Å². The largest absolute Gasteiger partial charge is 0.312 e. The Labute approximate surface area is 135 Å². The molecule has 0 spiro atoms. The van der Waals surface area contributed by atoms with Gasteiger partial charge in [0.2, 0.25) is 0 Å². The van der Waals surface area contributed by atoms with Crippen molar-refractivity contribution < 1.29 is 0 Å². The lowest BCUT2D eigenvalue weighted by Gasteiger charge is -2.10. The van der Waals surface area contributed by atoms with Crippen LogP contribution in [0, 0.1) is 0 Å². The minimum atomic E-state index is 0.0398. The average Bonchev–Trinajstić information content (AvgIpc) is 3.08. The maximum atomic E-state index is 12.4. The van der Waals surface area contributed by atoms with E-state index in [1.807, 2.05) is 11.6 Å². The summed E-state index contributed by atoms with van der Waals surface area (Å²) < 4.78 is 3.66. The van der Waals surface area contributed by atoms with Crippen LogP contribution in [0.5, 0.6) is 0 Å². The van der Waals surface area contributed by atoms with Crippen LogP contribution in [-0.4, -0.2) is 24.1 Å². The van der Waals surface area contributed by atoms with Crippen LogP contribution < -0.4 is 5.56 Å². The minimum absolute atomic E-state index is 0.0398. The molecule has 1 aliphatic carbocycles. The Morgan fingerprint density at radius 2 is 2.23 bits per heavy atom. The van der Waals surface area contributed by atoms with Crippen LogP contribution in [0.3, 0.4) is 0 Å². The molecule has 0 atom stereocenters. The summed E-state index contributed by atoms with van der Waals surface area (Å²) in [6.07, 6.45) is 6.11. The van der Waals surface area contributed by atoms with Gasteiger partial charge in [-0.2, -0.15) is 0 Å². The SMILES string of the molecule is Cn1cnnc1SCc1cc(=O)n2c3c(sc2n1)CCCC3. The minimum Gasteiger partial charge on any atom is -0.312 e. The third kappa shape index (κ3) is 2.36. The quantitative estimate of drug-likeness (QED) is 0.687. The van der Waals surface area contributed by atoms with E-state index >= 15 is 0 Å². The predicted octanol–water partition coefficient (Wildman–Crippen LogP) is 2.06. The highest BCUT2D eigenvalue weighted by Crippen LogP contribution is 2.28. The molecule has 0 aromatic carbocycles. The van der Waals surface area contributed by atoms with Crippen LogP contribution in [0.25, 0.3) is 4.96 Å². The summed E-state index contributed by atoms with van der Waals surface area (Å²) in [6.45, 7) is 0. The zero-order valence-electron chi connectivity index (χ0n) is 12.2. The smallest absolute Gasteiger partial charge is 0.259 e. The molecule has 4 rings (SSSR count). The first-order valence-electron chi connectivity index (χ1n) is 7.22. The predicted molar refractivity (Wildman–Crippen MR) is 86.5 cm³/mol. The van der Waals surface area contributed by atoms with Gasteiger partial charge in [-0.05, 0) is 25.7 Å². The molecule has 0 amide bonds. The van der Waals surface area contributed by atoms with E-state index < -0.39 is 0 Å². The first-order chi connectivity index (χ1) is 10.7. The number of fused-ring (bicyclic) bond motifs is 3. The second-order valence-electron chi connectivity index (χ2n) is 5.40. The van der Waals surface area contributed by atoms with Crippen LogP contribution in [0.15, 0.2) is 22.3 Å². The summed E-state index contributed by atoms with van der Waals surface area (Å²) in [4.78, 5) is 19.3. The number of aromatic nitrogens is 5. The number of rotatable bonds is 3. The van der Waals surface area contributed by atoms with E-state index in [1.165, 1.54) is 17.0 Å². The Bertz CT molecular complexity index is 894. The van der Waals surface area contributed by atoms with Gasteiger partial charge in [0.25, 0.3) is 5.56 Å². The van der Waals surface area contributed by atoms with Crippen LogP contribution in [-0.2, 0) is 25.6 Å². The molecular formula is C14H15N5OS2. The van der Waals surface area contributed by atoms with Gasteiger partial charge in [-0.25, -0.2) is 4.98 Å². The maximum absolute atomic E-state index is 12.4. The Balaban J connectivity index is 1.68. The second kappa shape index (κ2) is 5.51. The fourth-order valence-electron chi connectivity index (χ4n) is 2.76. The highest BCUT2D eigenvalue weighted by molar-refractivity contribution is 7.98. The third-order valence-corrected chi connectivity index (χ3v) is 6.04. The summed E-state index contributed by atoms with van der Waals surface area (Å²) >= 11 is 3.21. The second-order valence-corrected chi connectivity index (χ2v) is 7.40. The first-order valence-corrected chi connectivity index (χ1v) is 9.02. The summed E-state index contributed by atoms with van der Waals surface area (Å²) in [7, 11) is 1.90. The van der Waals surface area contributed by atoms with Crippen molar-refractivity contribution in [2.75, 3.05) is 0 Å². The van der Waals surface area contributed by atoms with Gasteiger partial charge >= 0.3 is 0 Å². The van der Waals surface area contributed by atoms with Crippen molar-refractivity contribution in [1.82, 2.24) is 24.1 Å². The summed E-state index contributed by atoms with van der Waals surface area (Å²) in [5, 5.41) is 8.72. The molecule has 1 aliphatic rings. The molecule has 22 heavy (non-hydrogen) atoms. The van der Waals surface area contributed by atoms with Crippen LogP contribution in [0.4, 0.5) is 0 Å². The monoisotopic (exact) mass is 333 g/mol. The van der Waals surface area contributed by atoms with E-state index in [1.54, 1.807) is 39.9 Å². The Hall–Kier alpha value is -1.67. The van der Waals surface area contributed by atoms with Crippen molar-refractivity contribution in [1.29, 1.82) is 0 Å². The van der Waals surface area contributed by atoms with E-state index in [2.05, 4.69) is 15.2 Å². The fourth-order valence-corrected chi connectivity index (χ4v) is 4.77. The highest BCUT2D eigenvalue weighted by atomic mass is 32.2. The van der Waals surface area contributed by atoms with Gasteiger partial charge in [0.1, 0.15) is 6.33 Å². The Morgan fingerprint density at radius 1 is 1.36 bits per heavy atom. The van der Waals surface area contributed by atoms with Gasteiger partial charge in [0.15, 0.2) is 10.1 Å². The van der Waals surface area contributed by atoms with Crippen molar-refractivity contribution in [2.24, 2.45) is 7.05 Å². The van der Waals surface area contributed by atoms with Gasteiger partial charge in [-0.1, -0.05) is 11.8 Å². The number of thioether (sulfide) groups is 1. The van der Waals surface area contributed by atoms with Gasteiger partial charge < -0.3 is 4.57 Å². The van der Waals surface area contributed by atoms with E-state index in [0.717, 1.165) is 35.1 Å². The zero-order chi connectivity index (χ0) is 15.1. The van der Waals surface area contributed by atoms with E-state index in [0.29, 0.717) is 5.75 Å². The molecule has 3 heterocycles. The summed E-state index contributed by atoms with van der Waals surface area (Å²) in [5.74, 6) is 0.626. The maximum Gasteiger partial charge on any atom is 0.259 e. The van der Waals surface area contributed by atoms with Crippen LogP contribution in [0.1, 0.15) is 29.1 Å². The molecule has 0 bridgehead atoms. The van der Waals surface area contributed by atoms with E-state index in [-0.39, 0.29) is 5.56 Å². The van der Waals surface area contributed by atoms with Crippen molar-refractivity contribution in [3.63, 3.8) is 0 Å². The normalized spacial score (nSPS) is 14.4. The van der Waals surface area contributed by atoms with Crippen LogP contribution in [0.2, 0.25) is 0 Å². The number of aryl methyl sites for hydroxylation is 3. The van der Waals surface area contributed by atoms with Crippen molar-refractivity contribution in [2.45, 2.75) is 36.6 Å². The van der Waals surface area contributed by atoms with Gasteiger partial charge in [-0.3, -0.25) is 9.20 Å². The molecule has 3 aromatic rings.